The maximum absolute atomic E-state index is 12.8. The first-order chi connectivity index (χ1) is 12.5. The first-order valence-electron chi connectivity index (χ1n) is 8.68. The number of carbonyl (C=O) groups is 1. The molecular formula is C19H23N3O3S. The van der Waals surface area contributed by atoms with Gasteiger partial charge in [-0.2, -0.15) is 0 Å². The zero-order chi connectivity index (χ0) is 18.6. The predicted molar refractivity (Wildman–Crippen MR) is 104 cm³/mol. The van der Waals surface area contributed by atoms with Crippen LogP contribution in [0.1, 0.15) is 17.3 Å². The third-order valence-electron chi connectivity index (χ3n) is 4.45. The van der Waals surface area contributed by atoms with Crippen LogP contribution in [0, 0.1) is 0 Å². The number of rotatable bonds is 5. The van der Waals surface area contributed by atoms with E-state index in [-0.39, 0.29) is 11.7 Å². The lowest BCUT2D eigenvalue weighted by Crippen LogP contribution is -2.48. The van der Waals surface area contributed by atoms with Crippen molar-refractivity contribution in [3.63, 3.8) is 0 Å². The van der Waals surface area contributed by atoms with Gasteiger partial charge in [-0.15, -0.1) is 0 Å². The number of para-hydroxylation sites is 1. The van der Waals surface area contributed by atoms with Crippen LogP contribution in [-0.2, 0) is 10.0 Å². The molecule has 1 aliphatic rings. The largest absolute Gasteiger partial charge is 0.368 e. The summed E-state index contributed by atoms with van der Waals surface area (Å²) in [5.41, 5.74) is 2.07. The molecule has 0 radical (unpaired) electrons. The first kappa shape index (κ1) is 18.3. The minimum Gasteiger partial charge on any atom is -0.368 e. The summed E-state index contributed by atoms with van der Waals surface area (Å²) in [5.74, 6) is -0.0812. The summed E-state index contributed by atoms with van der Waals surface area (Å²) in [7, 11) is -3.36. The Hall–Kier alpha value is -2.54. The van der Waals surface area contributed by atoms with Crippen LogP contribution in [0.25, 0.3) is 0 Å². The molecule has 1 aliphatic heterocycles. The van der Waals surface area contributed by atoms with Crippen LogP contribution in [0.15, 0.2) is 54.6 Å². The van der Waals surface area contributed by atoms with Crippen LogP contribution >= 0.6 is 0 Å². The fraction of sp³-hybridized carbons (Fsp3) is 0.316. The Bertz CT molecular complexity index is 861. The molecule has 6 nitrogen and oxygen atoms in total. The van der Waals surface area contributed by atoms with Gasteiger partial charge < -0.3 is 9.80 Å². The predicted octanol–water partition coefficient (Wildman–Crippen LogP) is 2.41. The Labute approximate surface area is 154 Å². The minimum absolute atomic E-state index is 0.00732. The highest BCUT2D eigenvalue weighted by Gasteiger charge is 2.22. The molecule has 0 aliphatic carbocycles. The smallest absolute Gasteiger partial charge is 0.254 e. The van der Waals surface area contributed by atoms with E-state index in [0.717, 1.165) is 18.8 Å². The number of anilines is 2. The van der Waals surface area contributed by atoms with Crippen molar-refractivity contribution >= 4 is 27.3 Å². The molecule has 0 atom stereocenters. The van der Waals surface area contributed by atoms with Gasteiger partial charge in [-0.05, 0) is 37.3 Å². The monoisotopic (exact) mass is 373 g/mol. The van der Waals surface area contributed by atoms with Crippen molar-refractivity contribution in [1.82, 2.24) is 4.90 Å². The second-order valence-corrected chi connectivity index (χ2v) is 8.21. The summed E-state index contributed by atoms with van der Waals surface area (Å²) < 4.78 is 25.9. The quantitative estimate of drug-likeness (QED) is 0.874. The van der Waals surface area contributed by atoms with E-state index >= 15 is 0 Å². The van der Waals surface area contributed by atoms with Gasteiger partial charge in [-0.3, -0.25) is 9.52 Å². The lowest BCUT2D eigenvalue weighted by atomic mass is 10.1. The fourth-order valence-corrected chi connectivity index (χ4v) is 3.59. The average molecular weight is 373 g/mol. The lowest BCUT2D eigenvalue weighted by Gasteiger charge is -2.36. The number of piperazine rings is 1. The molecule has 1 amide bonds. The number of carbonyl (C=O) groups excluding carboxylic acids is 1. The van der Waals surface area contributed by atoms with Crippen molar-refractivity contribution < 1.29 is 13.2 Å². The van der Waals surface area contributed by atoms with E-state index in [2.05, 4.69) is 21.8 Å². The zero-order valence-electron chi connectivity index (χ0n) is 14.8. The number of hydrogen-bond acceptors (Lipinski definition) is 4. The second-order valence-electron chi connectivity index (χ2n) is 6.20. The van der Waals surface area contributed by atoms with Crippen LogP contribution in [0.4, 0.5) is 11.4 Å². The zero-order valence-corrected chi connectivity index (χ0v) is 15.6. The molecule has 0 aromatic heterocycles. The molecule has 0 saturated carbocycles. The van der Waals surface area contributed by atoms with Gasteiger partial charge in [0.25, 0.3) is 5.91 Å². The molecule has 2 aromatic rings. The SMILES string of the molecule is CCS(=O)(=O)Nc1cccc(C(=O)N2CCN(c3ccccc3)CC2)c1. The van der Waals surface area contributed by atoms with Gasteiger partial charge in [-0.1, -0.05) is 24.3 Å². The van der Waals surface area contributed by atoms with Crippen LogP contribution < -0.4 is 9.62 Å². The van der Waals surface area contributed by atoms with E-state index in [0.29, 0.717) is 24.3 Å². The molecule has 3 rings (SSSR count). The molecule has 7 heteroatoms. The number of hydrogen-bond donors (Lipinski definition) is 1. The Balaban J connectivity index is 1.65. The highest BCUT2D eigenvalue weighted by atomic mass is 32.2. The molecular weight excluding hydrogens is 350 g/mol. The molecule has 1 heterocycles. The van der Waals surface area contributed by atoms with Gasteiger partial charge in [0, 0.05) is 43.1 Å². The molecule has 0 bridgehead atoms. The van der Waals surface area contributed by atoms with Gasteiger partial charge in [0.05, 0.1) is 5.75 Å². The second kappa shape index (κ2) is 7.78. The maximum atomic E-state index is 12.8. The third-order valence-corrected chi connectivity index (χ3v) is 5.76. The Morgan fingerprint density at radius 2 is 1.69 bits per heavy atom. The number of nitrogens with zero attached hydrogens (tertiary/aromatic N) is 2. The Morgan fingerprint density at radius 1 is 1.00 bits per heavy atom. The van der Waals surface area contributed by atoms with Crippen LogP contribution in [0.2, 0.25) is 0 Å². The van der Waals surface area contributed by atoms with E-state index in [1.54, 1.807) is 31.2 Å². The molecule has 1 fully saturated rings. The number of amides is 1. The van der Waals surface area contributed by atoms with Gasteiger partial charge in [0.15, 0.2) is 0 Å². The summed E-state index contributed by atoms with van der Waals surface area (Å²) in [5, 5.41) is 0. The molecule has 0 spiro atoms. The average Bonchev–Trinajstić information content (AvgIpc) is 2.68. The van der Waals surface area contributed by atoms with Crippen LogP contribution in [0.5, 0.6) is 0 Å². The van der Waals surface area contributed by atoms with Crippen LogP contribution in [0.3, 0.4) is 0 Å². The van der Waals surface area contributed by atoms with E-state index in [4.69, 9.17) is 0 Å². The summed E-state index contributed by atoms with van der Waals surface area (Å²) in [6.45, 7) is 4.40. The van der Waals surface area contributed by atoms with E-state index < -0.39 is 10.0 Å². The van der Waals surface area contributed by atoms with Crippen molar-refractivity contribution in [2.24, 2.45) is 0 Å². The summed E-state index contributed by atoms with van der Waals surface area (Å²) in [6, 6.07) is 16.8. The van der Waals surface area contributed by atoms with E-state index in [1.165, 1.54) is 0 Å². The van der Waals surface area contributed by atoms with Gasteiger partial charge in [-0.25, -0.2) is 8.42 Å². The molecule has 26 heavy (non-hydrogen) atoms. The third kappa shape index (κ3) is 4.35. The summed E-state index contributed by atoms with van der Waals surface area (Å²) >= 11 is 0. The normalized spacial score (nSPS) is 15.0. The van der Waals surface area contributed by atoms with Crippen molar-refractivity contribution in [1.29, 1.82) is 0 Å². The van der Waals surface area contributed by atoms with Crippen molar-refractivity contribution in [3.8, 4) is 0 Å². The lowest BCUT2D eigenvalue weighted by molar-refractivity contribution is 0.0747. The molecule has 138 valence electrons. The van der Waals surface area contributed by atoms with E-state index in [9.17, 15) is 13.2 Å². The summed E-state index contributed by atoms with van der Waals surface area (Å²) in [6.07, 6.45) is 0. The van der Waals surface area contributed by atoms with Crippen molar-refractivity contribution in [3.05, 3.63) is 60.2 Å². The fourth-order valence-electron chi connectivity index (χ4n) is 2.96. The summed E-state index contributed by atoms with van der Waals surface area (Å²) in [4.78, 5) is 16.8. The highest BCUT2D eigenvalue weighted by molar-refractivity contribution is 7.92. The van der Waals surface area contributed by atoms with Crippen molar-refractivity contribution in [2.45, 2.75) is 6.92 Å². The van der Waals surface area contributed by atoms with Crippen molar-refractivity contribution in [2.75, 3.05) is 41.6 Å². The highest BCUT2D eigenvalue weighted by Crippen LogP contribution is 2.18. The van der Waals surface area contributed by atoms with Crippen LogP contribution in [-0.4, -0.2) is 51.2 Å². The molecule has 0 unspecified atom stereocenters. The maximum Gasteiger partial charge on any atom is 0.254 e. The Morgan fingerprint density at radius 3 is 2.35 bits per heavy atom. The van der Waals surface area contributed by atoms with Gasteiger partial charge >= 0.3 is 0 Å². The minimum atomic E-state index is -3.36. The number of benzene rings is 2. The number of sulfonamides is 1. The van der Waals surface area contributed by atoms with Gasteiger partial charge in [0.1, 0.15) is 0 Å². The standard InChI is InChI=1S/C19H23N3O3S/c1-2-26(24,25)20-17-8-6-7-16(15-17)19(23)22-13-11-21(12-14-22)18-9-4-3-5-10-18/h3-10,15,20H,2,11-14H2,1H3. The first-order valence-corrected chi connectivity index (χ1v) is 10.3. The Kier molecular flexibility index (Phi) is 5.46. The topological polar surface area (TPSA) is 69.7 Å². The number of nitrogens with one attached hydrogen (secondary N) is 1. The molecule has 1 saturated heterocycles. The molecule has 2 aromatic carbocycles. The van der Waals surface area contributed by atoms with Gasteiger partial charge in [0.2, 0.25) is 10.0 Å². The van der Waals surface area contributed by atoms with E-state index in [1.807, 2.05) is 23.1 Å². The molecule has 1 N–H and O–H groups in total.